The average Bonchev–Trinajstić information content (AvgIpc) is 3.12. The van der Waals surface area contributed by atoms with Crippen LogP contribution in [0.2, 0.25) is 0 Å². The Morgan fingerprint density at radius 3 is 2.67 bits per heavy atom. The first-order chi connectivity index (χ1) is 10.2. The first-order valence-electron chi connectivity index (χ1n) is 8.29. The van der Waals surface area contributed by atoms with E-state index in [4.69, 9.17) is 0 Å². The molecule has 4 nitrogen and oxygen atoms in total. The number of aromatic nitrogens is 1. The zero-order valence-corrected chi connectivity index (χ0v) is 13.0. The van der Waals surface area contributed by atoms with Gasteiger partial charge in [0.25, 0.3) is 0 Å². The number of pyridine rings is 1. The molecule has 1 aliphatic heterocycles. The van der Waals surface area contributed by atoms with Crippen LogP contribution in [0.5, 0.6) is 0 Å². The van der Waals surface area contributed by atoms with E-state index in [9.17, 15) is 5.11 Å². The minimum Gasteiger partial charge on any atom is -0.393 e. The van der Waals surface area contributed by atoms with Crippen molar-refractivity contribution >= 4 is 5.82 Å². The molecular formula is C17H27N3O. The number of aliphatic hydroxyl groups is 1. The number of anilines is 1. The van der Waals surface area contributed by atoms with Crippen LogP contribution in [0.4, 0.5) is 5.82 Å². The van der Waals surface area contributed by atoms with Crippen molar-refractivity contribution in [3.8, 4) is 0 Å². The summed E-state index contributed by atoms with van der Waals surface area (Å²) in [6.45, 7) is 4.18. The molecule has 2 heterocycles. The molecule has 4 heteroatoms. The number of hydrogen-bond donors (Lipinski definition) is 1. The van der Waals surface area contributed by atoms with Gasteiger partial charge >= 0.3 is 0 Å². The van der Waals surface area contributed by atoms with Crippen LogP contribution in [-0.4, -0.2) is 47.8 Å². The zero-order valence-electron chi connectivity index (χ0n) is 13.0. The van der Waals surface area contributed by atoms with E-state index in [2.05, 4.69) is 34.0 Å². The monoisotopic (exact) mass is 289 g/mol. The van der Waals surface area contributed by atoms with Crippen LogP contribution in [0, 0.1) is 5.92 Å². The van der Waals surface area contributed by atoms with E-state index >= 15 is 0 Å². The van der Waals surface area contributed by atoms with Gasteiger partial charge in [0.15, 0.2) is 0 Å². The molecule has 0 spiro atoms. The average molecular weight is 289 g/mol. The van der Waals surface area contributed by atoms with Gasteiger partial charge in [-0.05, 0) is 50.3 Å². The Labute approximate surface area is 127 Å². The van der Waals surface area contributed by atoms with Gasteiger partial charge in [-0.25, -0.2) is 4.98 Å². The summed E-state index contributed by atoms with van der Waals surface area (Å²) in [5, 5.41) is 9.92. The Balaban J connectivity index is 1.52. The largest absolute Gasteiger partial charge is 0.393 e. The lowest BCUT2D eigenvalue weighted by Gasteiger charge is -2.23. The van der Waals surface area contributed by atoms with Gasteiger partial charge in [0.2, 0.25) is 0 Å². The van der Waals surface area contributed by atoms with E-state index in [1.165, 1.54) is 24.8 Å². The predicted molar refractivity (Wildman–Crippen MR) is 85.4 cm³/mol. The molecule has 1 saturated carbocycles. The highest BCUT2D eigenvalue weighted by molar-refractivity contribution is 5.40. The SMILES string of the molecule is CN(Cc1ccc(N2CCCC2)nc1)CC1CCCC1O. The molecule has 1 N–H and O–H groups in total. The Bertz CT molecular complexity index is 442. The molecule has 0 amide bonds. The summed E-state index contributed by atoms with van der Waals surface area (Å²) in [4.78, 5) is 9.29. The summed E-state index contributed by atoms with van der Waals surface area (Å²) in [6.07, 6.45) is 7.80. The minimum absolute atomic E-state index is 0.0943. The van der Waals surface area contributed by atoms with Crippen LogP contribution >= 0.6 is 0 Å². The van der Waals surface area contributed by atoms with Crippen molar-refractivity contribution in [3.05, 3.63) is 23.9 Å². The van der Waals surface area contributed by atoms with Gasteiger partial charge in [-0.2, -0.15) is 0 Å². The molecule has 2 atom stereocenters. The molecule has 0 radical (unpaired) electrons. The molecule has 1 aromatic rings. The summed E-state index contributed by atoms with van der Waals surface area (Å²) in [5.74, 6) is 1.57. The highest BCUT2D eigenvalue weighted by atomic mass is 16.3. The van der Waals surface area contributed by atoms with E-state index in [1.807, 2.05) is 6.20 Å². The lowest BCUT2D eigenvalue weighted by molar-refractivity contribution is 0.108. The lowest BCUT2D eigenvalue weighted by atomic mass is 10.1. The first-order valence-corrected chi connectivity index (χ1v) is 8.29. The van der Waals surface area contributed by atoms with Crippen molar-refractivity contribution in [3.63, 3.8) is 0 Å². The number of rotatable bonds is 5. The second-order valence-corrected chi connectivity index (χ2v) is 6.67. The third-order valence-corrected chi connectivity index (χ3v) is 4.86. The molecule has 116 valence electrons. The molecule has 1 aromatic heterocycles. The number of aliphatic hydroxyl groups excluding tert-OH is 1. The van der Waals surface area contributed by atoms with Crippen molar-refractivity contribution in [1.82, 2.24) is 9.88 Å². The maximum absolute atomic E-state index is 9.92. The van der Waals surface area contributed by atoms with Crippen molar-refractivity contribution in [2.45, 2.75) is 44.8 Å². The van der Waals surface area contributed by atoms with E-state index in [-0.39, 0.29) is 6.10 Å². The van der Waals surface area contributed by atoms with E-state index < -0.39 is 0 Å². The maximum Gasteiger partial charge on any atom is 0.128 e. The van der Waals surface area contributed by atoms with Crippen LogP contribution < -0.4 is 4.90 Å². The quantitative estimate of drug-likeness (QED) is 0.902. The Hall–Kier alpha value is -1.13. The Kier molecular flexibility index (Phi) is 4.76. The van der Waals surface area contributed by atoms with Gasteiger partial charge in [0.1, 0.15) is 5.82 Å². The predicted octanol–water partition coefficient (Wildman–Crippen LogP) is 2.27. The van der Waals surface area contributed by atoms with Gasteiger partial charge in [-0.15, -0.1) is 0 Å². The van der Waals surface area contributed by atoms with Gasteiger partial charge in [0, 0.05) is 32.4 Å². The molecule has 1 saturated heterocycles. The third-order valence-electron chi connectivity index (χ3n) is 4.86. The van der Waals surface area contributed by atoms with Crippen molar-refractivity contribution in [1.29, 1.82) is 0 Å². The summed E-state index contributed by atoms with van der Waals surface area (Å²) in [5.41, 5.74) is 1.26. The molecule has 2 fully saturated rings. The second-order valence-electron chi connectivity index (χ2n) is 6.67. The fourth-order valence-electron chi connectivity index (χ4n) is 3.65. The Morgan fingerprint density at radius 1 is 1.24 bits per heavy atom. The van der Waals surface area contributed by atoms with Crippen LogP contribution in [0.15, 0.2) is 18.3 Å². The van der Waals surface area contributed by atoms with Crippen molar-refractivity contribution in [2.24, 2.45) is 5.92 Å². The fourth-order valence-corrected chi connectivity index (χ4v) is 3.65. The molecule has 21 heavy (non-hydrogen) atoms. The summed E-state index contributed by atoms with van der Waals surface area (Å²) in [6, 6.07) is 4.35. The van der Waals surface area contributed by atoms with Crippen LogP contribution in [0.1, 0.15) is 37.7 Å². The van der Waals surface area contributed by atoms with Crippen LogP contribution in [0.3, 0.4) is 0 Å². The van der Waals surface area contributed by atoms with Crippen molar-refractivity contribution in [2.75, 3.05) is 31.6 Å². The highest BCUT2D eigenvalue weighted by Gasteiger charge is 2.26. The molecular weight excluding hydrogens is 262 g/mol. The zero-order chi connectivity index (χ0) is 14.7. The standard InChI is InChI=1S/C17H27N3O/c1-19(13-15-5-4-6-16(15)21)12-14-7-8-17(18-11-14)20-9-2-3-10-20/h7-8,11,15-16,21H,2-6,9-10,12-13H2,1H3. The first kappa shape index (κ1) is 14.8. The molecule has 2 aliphatic rings. The van der Waals surface area contributed by atoms with Crippen LogP contribution in [-0.2, 0) is 6.54 Å². The third kappa shape index (κ3) is 3.74. The Morgan fingerprint density at radius 2 is 2.05 bits per heavy atom. The molecule has 1 aliphatic carbocycles. The number of hydrogen-bond acceptors (Lipinski definition) is 4. The summed E-state index contributed by atoms with van der Waals surface area (Å²) < 4.78 is 0. The van der Waals surface area contributed by atoms with Crippen molar-refractivity contribution < 1.29 is 5.11 Å². The van der Waals surface area contributed by atoms with Gasteiger partial charge < -0.3 is 14.9 Å². The van der Waals surface area contributed by atoms with Gasteiger partial charge in [-0.3, -0.25) is 0 Å². The van der Waals surface area contributed by atoms with Gasteiger partial charge in [-0.1, -0.05) is 12.5 Å². The molecule has 2 unspecified atom stereocenters. The maximum atomic E-state index is 9.92. The summed E-state index contributed by atoms with van der Waals surface area (Å²) in [7, 11) is 2.14. The molecule has 3 rings (SSSR count). The summed E-state index contributed by atoms with van der Waals surface area (Å²) >= 11 is 0. The number of nitrogens with zero attached hydrogens (tertiary/aromatic N) is 3. The second kappa shape index (κ2) is 6.75. The van der Waals surface area contributed by atoms with E-state index in [0.29, 0.717) is 5.92 Å². The lowest BCUT2D eigenvalue weighted by Crippen LogP contribution is -2.29. The molecule has 0 bridgehead atoms. The highest BCUT2D eigenvalue weighted by Crippen LogP contribution is 2.26. The smallest absolute Gasteiger partial charge is 0.128 e. The van der Waals surface area contributed by atoms with Crippen LogP contribution in [0.25, 0.3) is 0 Å². The fraction of sp³-hybridized carbons (Fsp3) is 0.706. The normalized spacial score (nSPS) is 26.0. The topological polar surface area (TPSA) is 39.6 Å². The van der Waals surface area contributed by atoms with Gasteiger partial charge in [0.05, 0.1) is 6.10 Å². The minimum atomic E-state index is -0.0943. The van der Waals surface area contributed by atoms with E-state index in [1.54, 1.807) is 0 Å². The molecule has 0 aromatic carbocycles. The van der Waals surface area contributed by atoms with E-state index in [0.717, 1.165) is 44.8 Å².